The zero-order valence-corrected chi connectivity index (χ0v) is 12.3. The lowest BCUT2D eigenvalue weighted by Crippen LogP contribution is -2.05. The summed E-state index contributed by atoms with van der Waals surface area (Å²) >= 11 is 0. The summed E-state index contributed by atoms with van der Waals surface area (Å²) in [5, 5.41) is 0. The third-order valence-electron chi connectivity index (χ3n) is 2.93. The van der Waals surface area contributed by atoms with Crippen LogP contribution in [0.2, 0.25) is 0 Å². The summed E-state index contributed by atoms with van der Waals surface area (Å²) in [6.45, 7) is 11.0. The maximum absolute atomic E-state index is 5.77. The van der Waals surface area contributed by atoms with Crippen LogP contribution in [0.25, 0.3) is 0 Å². The first kappa shape index (κ1) is 16.3. The molecule has 0 aromatic carbocycles. The van der Waals surface area contributed by atoms with Gasteiger partial charge in [0.1, 0.15) is 5.76 Å². The van der Waals surface area contributed by atoms with E-state index < -0.39 is 0 Å². The zero-order chi connectivity index (χ0) is 13.1. The minimum absolute atomic E-state index is 0.588. The molecule has 0 aromatic heterocycles. The number of hydrogen-bond donors (Lipinski definition) is 0. The molecule has 1 unspecified atom stereocenters. The molecule has 1 heteroatoms. The van der Waals surface area contributed by atoms with Crippen molar-refractivity contribution in [2.75, 3.05) is 0 Å². The Hall–Kier alpha value is -0.720. The summed E-state index contributed by atoms with van der Waals surface area (Å²) in [7, 11) is 0. The second-order valence-electron chi connectivity index (χ2n) is 5.07. The molecule has 0 saturated carbocycles. The molecule has 0 aliphatic rings. The molecule has 100 valence electrons. The molecule has 0 aliphatic carbocycles. The molecule has 0 rings (SSSR count). The third kappa shape index (κ3) is 8.06. The quantitative estimate of drug-likeness (QED) is 0.469. The average molecular weight is 238 g/mol. The van der Waals surface area contributed by atoms with Gasteiger partial charge < -0.3 is 4.74 Å². The molecule has 1 nitrogen and oxygen atoms in total. The van der Waals surface area contributed by atoms with Gasteiger partial charge in [-0.1, -0.05) is 46.6 Å². The Balaban J connectivity index is 4.54. The lowest BCUT2D eigenvalue weighted by Gasteiger charge is -2.18. The molecule has 0 aromatic rings. The summed E-state index contributed by atoms with van der Waals surface area (Å²) in [6, 6.07) is 0. The van der Waals surface area contributed by atoms with Crippen molar-refractivity contribution >= 4 is 0 Å². The number of ether oxygens (including phenoxy) is 1. The van der Waals surface area contributed by atoms with Gasteiger partial charge in [0.25, 0.3) is 0 Å². The van der Waals surface area contributed by atoms with E-state index in [1.807, 2.05) is 13.0 Å². The van der Waals surface area contributed by atoms with Crippen LogP contribution in [-0.4, -0.2) is 0 Å². The van der Waals surface area contributed by atoms with Gasteiger partial charge in [0.05, 0.1) is 6.26 Å². The highest BCUT2D eigenvalue weighted by atomic mass is 16.5. The van der Waals surface area contributed by atoms with Crippen molar-refractivity contribution < 1.29 is 4.74 Å². The van der Waals surface area contributed by atoms with Crippen LogP contribution in [0.3, 0.4) is 0 Å². The molecule has 0 aliphatic heterocycles. The maximum Gasteiger partial charge on any atom is 0.102 e. The van der Waals surface area contributed by atoms with E-state index in [0.717, 1.165) is 6.42 Å². The Labute approximate surface area is 108 Å². The number of allylic oxidation sites excluding steroid dienone is 3. The standard InChI is InChI=1S/C16H30O/c1-6-9-10-15(8-3)16(17-13-7-2)12-11-14(4)5/h7,12-15H,6,8-11H2,1-5H3. The second-order valence-corrected chi connectivity index (χ2v) is 5.07. The lowest BCUT2D eigenvalue weighted by atomic mass is 9.95. The van der Waals surface area contributed by atoms with Crippen LogP contribution < -0.4 is 0 Å². The fraction of sp³-hybridized carbons (Fsp3) is 0.750. The number of hydrogen-bond acceptors (Lipinski definition) is 1. The first-order chi connectivity index (χ1) is 8.15. The van der Waals surface area contributed by atoms with Crippen molar-refractivity contribution in [2.24, 2.45) is 11.8 Å². The fourth-order valence-electron chi connectivity index (χ4n) is 1.81. The zero-order valence-electron chi connectivity index (χ0n) is 12.3. The van der Waals surface area contributed by atoms with Gasteiger partial charge in [-0.3, -0.25) is 0 Å². The van der Waals surface area contributed by atoms with E-state index in [1.165, 1.54) is 31.4 Å². The van der Waals surface area contributed by atoms with Gasteiger partial charge in [0.15, 0.2) is 0 Å². The van der Waals surface area contributed by atoms with Gasteiger partial charge in [-0.25, -0.2) is 0 Å². The van der Waals surface area contributed by atoms with Gasteiger partial charge in [-0.05, 0) is 38.2 Å². The molecular formula is C16H30O. The summed E-state index contributed by atoms with van der Waals surface area (Å²) in [5.74, 6) is 2.46. The van der Waals surface area contributed by atoms with E-state index in [9.17, 15) is 0 Å². The highest BCUT2D eigenvalue weighted by molar-refractivity contribution is 5.01. The topological polar surface area (TPSA) is 9.23 Å². The van der Waals surface area contributed by atoms with E-state index in [4.69, 9.17) is 4.74 Å². The van der Waals surface area contributed by atoms with Crippen molar-refractivity contribution in [1.82, 2.24) is 0 Å². The number of unbranched alkanes of at least 4 members (excludes halogenated alkanes) is 1. The van der Waals surface area contributed by atoms with E-state index in [0.29, 0.717) is 11.8 Å². The van der Waals surface area contributed by atoms with E-state index >= 15 is 0 Å². The summed E-state index contributed by atoms with van der Waals surface area (Å²) in [4.78, 5) is 0. The second kappa shape index (κ2) is 10.4. The van der Waals surface area contributed by atoms with Crippen LogP contribution in [0, 0.1) is 11.8 Å². The molecule has 1 atom stereocenters. The van der Waals surface area contributed by atoms with Crippen molar-refractivity contribution in [2.45, 2.75) is 66.7 Å². The van der Waals surface area contributed by atoms with Gasteiger partial charge in [-0.2, -0.15) is 0 Å². The maximum atomic E-state index is 5.77. The van der Waals surface area contributed by atoms with Crippen molar-refractivity contribution in [3.63, 3.8) is 0 Å². The predicted molar refractivity (Wildman–Crippen MR) is 76.7 cm³/mol. The minimum Gasteiger partial charge on any atom is -0.470 e. The van der Waals surface area contributed by atoms with Gasteiger partial charge in [0, 0.05) is 5.92 Å². The first-order valence-corrected chi connectivity index (χ1v) is 7.13. The van der Waals surface area contributed by atoms with Crippen LogP contribution in [0.1, 0.15) is 66.7 Å². The Morgan fingerprint density at radius 1 is 1.24 bits per heavy atom. The molecule has 0 bridgehead atoms. The van der Waals surface area contributed by atoms with Crippen LogP contribution in [0.15, 0.2) is 24.2 Å². The monoisotopic (exact) mass is 238 g/mol. The first-order valence-electron chi connectivity index (χ1n) is 7.13. The molecule has 0 N–H and O–H groups in total. The molecule has 0 saturated heterocycles. The molecule has 0 fully saturated rings. The number of rotatable bonds is 9. The summed E-state index contributed by atoms with van der Waals surface area (Å²) in [5.41, 5.74) is 0. The van der Waals surface area contributed by atoms with E-state index in [2.05, 4.69) is 33.8 Å². The fourth-order valence-corrected chi connectivity index (χ4v) is 1.81. The minimum atomic E-state index is 0.588. The SMILES string of the molecule is CC=COC(=CCC(C)C)C(CC)CCCC. The summed E-state index contributed by atoms with van der Waals surface area (Å²) in [6.07, 6.45) is 12.1. The highest BCUT2D eigenvalue weighted by Gasteiger charge is 2.12. The van der Waals surface area contributed by atoms with Crippen LogP contribution in [0.4, 0.5) is 0 Å². The smallest absolute Gasteiger partial charge is 0.102 e. The third-order valence-corrected chi connectivity index (χ3v) is 2.93. The van der Waals surface area contributed by atoms with Crippen molar-refractivity contribution in [3.8, 4) is 0 Å². The molecule has 17 heavy (non-hydrogen) atoms. The predicted octanol–water partition coefficient (Wildman–Crippen LogP) is 5.68. The average Bonchev–Trinajstić information content (AvgIpc) is 2.31. The lowest BCUT2D eigenvalue weighted by molar-refractivity contribution is 0.270. The van der Waals surface area contributed by atoms with E-state index in [-0.39, 0.29) is 0 Å². The van der Waals surface area contributed by atoms with Gasteiger partial charge in [0.2, 0.25) is 0 Å². The van der Waals surface area contributed by atoms with Crippen molar-refractivity contribution in [1.29, 1.82) is 0 Å². The molecule has 0 amide bonds. The van der Waals surface area contributed by atoms with E-state index in [1.54, 1.807) is 6.26 Å². The Morgan fingerprint density at radius 2 is 1.94 bits per heavy atom. The molecule has 0 radical (unpaired) electrons. The normalized spacial score (nSPS) is 14.6. The Bertz CT molecular complexity index is 226. The molecule has 0 heterocycles. The summed E-state index contributed by atoms with van der Waals surface area (Å²) < 4.78 is 5.77. The molecular weight excluding hydrogens is 208 g/mol. The largest absolute Gasteiger partial charge is 0.470 e. The highest BCUT2D eigenvalue weighted by Crippen LogP contribution is 2.24. The molecule has 0 spiro atoms. The Morgan fingerprint density at radius 3 is 2.41 bits per heavy atom. The van der Waals surface area contributed by atoms with Gasteiger partial charge >= 0.3 is 0 Å². The van der Waals surface area contributed by atoms with Crippen LogP contribution in [0.5, 0.6) is 0 Å². The van der Waals surface area contributed by atoms with Crippen LogP contribution >= 0.6 is 0 Å². The van der Waals surface area contributed by atoms with Crippen molar-refractivity contribution in [3.05, 3.63) is 24.2 Å². The van der Waals surface area contributed by atoms with Crippen LogP contribution in [-0.2, 0) is 4.74 Å². The van der Waals surface area contributed by atoms with Gasteiger partial charge in [-0.15, -0.1) is 0 Å². The Kier molecular flexibility index (Phi) is 9.99.